The van der Waals surface area contributed by atoms with E-state index in [1.54, 1.807) is 20.0 Å². The number of nitrogens with zero attached hydrogens (tertiary/aromatic N) is 2. The van der Waals surface area contributed by atoms with Gasteiger partial charge in [-0.15, -0.1) is 0 Å². The van der Waals surface area contributed by atoms with Gasteiger partial charge in [-0.25, -0.2) is 0 Å². The molecule has 0 aliphatic rings. The SMILES string of the molecule is CC(Nc1ccc(Cn2cccn2)cc1)C(C)(C)O. The van der Waals surface area contributed by atoms with Gasteiger partial charge in [-0.2, -0.15) is 5.10 Å². The minimum absolute atomic E-state index is 0.00975. The normalized spacial score (nSPS) is 13.3. The zero-order valence-corrected chi connectivity index (χ0v) is 11.7. The van der Waals surface area contributed by atoms with E-state index in [1.807, 2.05) is 36.0 Å². The van der Waals surface area contributed by atoms with Gasteiger partial charge in [-0.1, -0.05) is 12.1 Å². The summed E-state index contributed by atoms with van der Waals surface area (Å²) in [5.41, 5.74) is 1.47. The summed E-state index contributed by atoms with van der Waals surface area (Å²) < 4.78 is 1.89. The number of aromatic nitrogens is 2. The quantitative estimate of drug-likeness (QED) is 0.867. The number of nitrogens with one attached hydrogen (secondary N) is 1. The van der Waals surface area contributed by atoms with Crippen LogP contribution in [0.5, 0.6) is 0 Å². The largest absolute Gasteiger partial charge is 0.388 e. The van der Waals surface area contributed by atoms with E-state index in [0.717, 1.165) is 12.2 Å². The molecule has 0 saturated heterocycles. The molecule has 4 nitrogen and oxygen atoms in total. The fourth-order valence-corrected chi connectivity index (χ4v) is 1.71. The molecule has 0 aliphatic carbocycles. The van der Waals surface area contributed by atoms with Crippen molar-refractivity contribution in [2.45, 2.75) is 39.0 Å². The molecule has 4 heteroatoms. The molecule has 19 heavy (non-hydrogen) atoms. The van der Waals surface area contributed by atoms with Gasteiger partial charge >= 0.3 is 0 Å². The van der Waals surface area contributed by atoms with Crippen LogP contribution in [0, 0.1) is 0 Å². The van der Waals surface area contributed by atoms with E-state index in [9.17, 15) is 5.11 Å². The lowest BCUT2D eigenvalue weighted by atomic mass is 10.0. The zero-order chi connectivity index (χ0) is 13.9. The van der Waals surface area contributed by atoms with Crippen LogP contribution in [0.1, 0.15) is 26.3 Å². The van der Waals surface area contributed by atoms with E-state index in [2.05, 4.69) is 22.5 Å². The molecule has 1 aromatic heterocycles. The highest BCUT2D eigenvalue weighted by molar-refractivity contribution is 5.45. The average Bonchev–Trinajstić information content (AvgIpc) is 2.83. The Morgan fingerprint density at radius 1 is 1.32 bits per heavy atom. The minimum atomic E-state index is -0.742. The van der Waals surface area contributed by atoms with Gasteiger partial charge in [0.05, 0.1) is 18.2 Å². The zero-order valence-electron chi connectivity index (χ0n) is 11.7. The van der Waals surface area contributed by atoms with E-state index in [4.69, 9.17) is 0 Å². The number of hydrogen-bond acceptors (Lipinski definition) is 3. The van der Waals surface area contributed by atoms with Gasteiger partial charge in [-0.05, 0) is 44.5 Å². The van der Waals surface area contributed by atoms with Gasteiger partial charge in [0.15, 0.2) is 0 Å². The number of hydrogen-bond donors (Lipinski definition) is 2. The summed E-state index contributed by atoms with van der Waals surface area (Å²) in [6.45, 7) is 6.35. The van der Waals surface area contributed by atoms with Crippen molar-refractivity contribution >= 4 is 5.69 Å². The molecule has 0 amide bonds. The Morgan fingerprint density at radius 2 is 2.00 bits per heavy atom. The smallest absolute Gasteiger partial charge is 0.0789 e. The fourth-order valence-electron chi connectivity index (χ4n) is 1.71. The molecular formula is C15H21N3O. The van der Waals surface area contributed by atoms with Crippen molar-refractivity contribution in [1.82, 2.24) is 9.78 Å². The molecule has 1 heterocycles. The first-order chi connectivity index (χ1) is 8.95. The summed E-state index contributed by atoms with van der Waals surface area (Å²) in [7, 11) is 0. The maximum atomic E-state index is 9.90. The molecule has 0 fully saturated rings. The Balaban J connectivity index is 1.99. The standard InChI is InChI=1S/C15H21N3O/c1-12(15(2,3)19)17-14-7-5-13(6-8-14)11-18-10-4-9-16-18/h4-10,12,17,19H,11H2,1-3H3. The Labute approximate surface area is 114 Å². The van der Waals surface area contributed by atoms with Crippen molar-refractivity contribution in [3.05, 3.63) is 48.3 Å². The van der Waals surface area contributed by atoms with Gasteiger partial charge < -0.3 is 10.4 Å². The number of anilines is 1. The lowest BCUT2D eigenvalue weighted by molar-refractivity contribution is 0.0649. The first-order valence-electron chi connectivity index (χ1n) is 6.50. The van der Waals surface area contributed by atoms with Crippen molar-refractivity contribution in [3.63, 3.8) is 0 Å². The van der Waals surface area contributed by atoms with Crippen molar-refractivity contribution in [3.8, 4) is 0 Å². The van der Waals surface area contributed by atoms with Crippen LogP contribution in [0.15, 0.2) is 42.7 Å². The molecule has 1 aromatic carbocycles. The van der Waals surface area contributed by atoms with Crippen LogP contribution >= 0.6 is 0 Å². The number of rotatable bonds is 5. The second-order valence-electron chi connectivity index (χ2n) is 5.42. The third-order valence-electron chi connectivity index (χ3n) is 3.30. The minimum Gasteiger partial charge on any atom is -0.388 e. The van der Waals surface area contributed by atoms with E-state index < -0.39 is 5.60 Å². The molecule has 2 aromatic rings. The molecule has 0 spiro atoms. The van der Waals surface area contributed by atoms with Gasteiger partial charge in [0.1, 0.15) is 0 Å². The monoisotopic (exact) mass is 259 g/mol. The van der Waals surface area contributed by atoms with Crippen molar-refractivity contribution in [2.24, 2.45) is 0 Å². The highest BCUT2D eigenvalue weighted by Gasteiger charge is 2.21. The highest BCUT2D eigenvalue weighted by Crippen LogP contribution is 2.16. The molecular weight excluding hydrogens is 238 g/mol. The second kappa shape index (κ2) is 5.45. The summed E-state index contributed by atoms with van der Waals surface area (Å²) in [5.74, 6) is 0. The summed E-state index contributed by atoms with van der Waals surface area (Å²) in [6.07, 6.45) is 3.73. The van der Waals surface area contributed by atoms with E-state index in [1.165, 1.54) is 5.56 Å². The van der Waals surface area contributed by atoms with Crippen LogP contribution in [-0.4, -0.2) is 26.5 Å². The predicted molar refractivity (Wildman–Crippen MR) is 77.2 cm³/mol. The van der Waals surface area contributed by atoms with E-state index in [0.29, 0.717) is 0 Å². The third kappa shape index (κ3) is 3.83. The van der Waals surface area contributed by atoms with Crippen LogP contribution in [0.3, 0.4) is 0 Å². The van der Waals surface area contributed by atoms with Crippen LogP contribution in [-0.2, 0) is 6.54 Å². The van der Waals surface area contributed by atoms with Gasteiger partial charge in [0, 0.05) is 18.1 Å². The first-order valence-corrected chi connectivity index (χ1v) is 6.50. The molecule has 2 N–H and O–H groups in total. The van der Waals surface area contributed by atoms with Crippen molar-refractivity contribution in [2.75, 3.05) is 5.32 Å². The van der Waals surface area contributed by atoms with E-state index in [-0.39, 0.29) is 6.04 Å². The van der Waals surface area contributed by atoms with Gasteiger partial charge in [-0.3, -0.25) is 4.68 Å². The van der Waals surface area contributed by atoms with Crippen LogP contribution in [0.4, 0.5) is 5.69 Å². The predicted octanol–water partition coefficient (Wildman–Crippen LogP) is 2.50. The summed E-state index contributed by atoms with van der Waals surface area (Å²) in [4.78, 5) is 0. The molecule has 1 unspecified atom stereocenters. The number of benzene rings is 1. The maximum Gasteiger partial charge on any atom is 0.0789 e. The molecule has 1 atom stereocenters. The third-order valence-corrected chi connectivity index (χ3v) is 3.30. The molecule has 0 saturated carbocycles. The summed E-state index contributed by atoms with van der Waals surface area (Å²) >= 11 is 0. The van der Waals surface area contributed by atoms with Crippen LogP contribution in [0.25, 0.3) is 0 Å². The highest BCUT2D eigenvalue weighted by atomic mass is 16.3. The Morgan fingerprint density at radius 3 is 2.53 bits per heavy atom. The summed E-state index contributed by atoms with van der Waals surface area (Å²) in [5, 5.41) is 17.4. The fraction of sp³-hybridized carbons (Fsp3) is 0.400. The molecule has 0 aliphatic heterocycles. The topological polar surface area (TPSA) is 50.1 Å². The van der Waals surface area contributed by atoms with Gasteiger partial charge in [0.25, 0.3) is 0 Å². The average molecular weight is 259 g/mol. The Bertz CT molecular complexity index is 497. The van der Waals surface area contributed by atoms with Crippen molar-refractivity contribution in [1.29, 1.82) is 0 Å². The molecule has 2 rings (SSSR count). The van der Waals surface area contributed by atoms with E-state index >= 15 is 0 Å². The van der Waals surface area contributed by atoms with Crippen LogP contribution in [0.2, 0.25) is 0 Å². The van der Waals surface area contributed by atoms with Crippen LogP contribution < -0.4 is 5.32 Å². The number of aliphatic hydroxyl groups is 1. The molecule has 0 bridgehead atoms. The lowest BCUT2D eigenvalue weighted by Gasteiger charge is -2.27. The molecule has 102 valence electrons. The summed E-state index contributed by atoms with van der Waals surface area (Å²) in [6, 6.07) is 10.1. The lowest BCUT2D eigenvalue weighted by Crippen LogP contribution is -2.39. The molecule has 0 radical (unpaired) electrons. The Hall–Kier alpha value is -1.81. The maximum absolute atomic E-state index is 9.90. The first kappa shape index (κ1) is 13.6. The van der Waals surface area contributed by atoms with Crippen molar-refractivity contribution < 1.29 is 5.11 Å². The van der Waals surface area contributed by atoms with Gasteiger partial charge in [0.2, 0.25) is 0 Å². The second-order valence-corrected chi connectivity index (χ2v) is 5.42. The Kier molecular flexibility index (Phi) is 3.90.